The van der Waals surface area contributed by atoms with Gasteiger partial charge in [-0.2, -0.15) is 13.2 Å². The van der Waals surface area contributed by atoms with Crippen molar-refractivity contribution < 1.29 is 18.3 Å². The summed E-state index contributed by atoms with van der Waals surface area (Å²) in [5, 5.41) is 9.20. The summed E-state index contributed by atoms with van der Waals surface area (Å²) in [5.41, 5.74) is -0.651. The van der Waals surface area contributed by atoms with Crippen molar-refractivity contribution in [2.75, 3.05) is 0 Å². The van der Waals surface area contributed by atoms with Gasteiger partial charge in [0.15, 0.2) is 0 Å². The van der Waals surface area contributed by atoms with Crippen molar-refractivity contribution in [1.82, 2.24) is 0 Å². The van der Waals surface area contributed by atoms with E-state index < -0.39 is 17.5 Å². The molecular weight excluding hydrogens is 181 g/mol. The molecule has 0 saturated heterocycles. The molecule has 0 saturated carbocycles. The average molecular weight is 190 g/mol. The molecule has 1 nitrogen and oxygen atoms in total. The van der Waals surface area contributed by atoms with Crippen molar-refractivity contribution in [2.45, 2.75) is 19.5 Å². The van der Waals surface area contributed by atoms with Gasteiger partial charge in [0.2, 0.25) is 0 Å². The molecule has 72 valence electrons. The number of rotatable bonds is 1. The molecule has 0 heterocycles. The van der Waals surface area contributed by atoms with Crippen LogP contribution in [0.5, 0.6) is 5.75 Å². The van der Waals surface area contributed by atoms with E-state index in [0.29, 0.717) is 12.0 Å². The average Bonchev–Trinajstić information content (AvgIpc) is 2.02. The Labute approximate surface area is 73.8 Å². The van der Waals surface area contributed by atoms with Crippen LogP contribution in [0.25, 0.3) is 0 Å². The summed E-state index contributed by atoms with van der Waals surface area (Å²) in [6.45, 7) is 1.69. The molecule has 0 aliphatic carbocycles. The normalized spacial score (nSPS) is 11.7. The van der Waals surface area contributed by atoms with E-state index in [1.165, 1.54) is 12.1 Å². The maximum Gasteiger partial charge on any atom is 0.419 e. The lowest BCUT2D eigenvalue weighted by Gasteiger charge is -2.10. The number of halogens is 3. The molecule has 1 N–H and O–H groups in total. The maximum absolute atomic E-state index is 12.2. The molecule has 0 aromatic heterocycles. The van der Waals surface area contributed by atoms with Gasteiger partial charge >= 0.3 is 6.18 Å². The highest BCUT2D eigenvalue weighted by atomic mass is 19.4. The molecule has 0 amide bonds. The second-order valence-corrected chi connectivity index (χ2v) is 2.66. The molecule has 0 unspecified atom stereocenters. The van der Waals surface area contributed by atoms with Crippen molar-refractivity contribution in [3.05, 3.63) is 29.3 Å². The fourth-order valence-electron chi connectivity index (χ4n) is 1.11. The lowest BCUT2D eigenvalue weighted by atomic mass is 10.1. The standard InChI is InChI=1S/C9H9F3O/c1-2-6-4-3-5-7(8(6)13)9(10,11)12/h3-5,13H,2H2,1H3. The van der Waals surface area contributed by atoms with Gasteiger partial charge in [-0.25, -0.2) is 0 Å². The zero-order valence-corrected chi connectivity index (χ0v) is 7.02. The van der Waals surface area contributed by atoms with Gasteiger partial charge in [-0.15, -0.1) is 0 Å². The van der Waals surface area contributed by atoms with E-state index in [4.69, 9.17) is 0 Å². The molecule has 1 aromatic carbocycles. The van der Waals surface area contributed by atoms with Gasteiger partial charge in [0, 0.05) is 0 Å². The molecule has 0 fully saturated rings. The number of phenols is 1. The quantitative estimate of drug-likeness (QED) is 0.721. The fraction of sp³-hybridized carbons (Fsp3) is 0.333. The van der Waals surface area contributed by atoms with Gasteiger partial charge in [0.25, 0.3) is 0 Å². The van der Waals surface area contributed by atoms with Crippen LogP contribution in [0, 0.1) is 0 Å². The Hall–Kier alpha value is -1.19. The van der Waals surface area contributed by atoms with Crippen LogP contribution in [0.15, 0.2) is 18.2 Å². The second kappa shape index (κ2) is 3.28. The van der Waals surface area contributed by atoms with E-state index in [2.05, 4.69) is 0 Å². The number of aryl methyl sites for hydroxylation is 1. The summed E-state index contributed by atoms with van der Waals surface area (Å²) in [6.07, 6.45) is -4.09. The predicted octanol–water partition coefficient (Wildman–Crippen LogP) is 2.97. The summed E-state index contributed by atoms with van der Waals surface area (Å²) in [7, 11) is 0. The summed E-state index contributed by atoms with van der Waals surface area (Å²) < 4.78 is 36.6. The molecule has 0 aliphatic heterocycles. The Morgan fingerprint density at radius 2 is 1.92 bits per heavy atom. The third kappa shape index (κ3) is 1.94. The van der Waals surface area contributed by atoms with Crippen LogP contribution in [0.2, 0.25) is 0 Å². The minimum absolute atomic E-state index is 0.315. The summed E-state index contributed by atoms with van der Waals surface area (Å²) in [6, 6.07) is 3.64. The molecule has 1 rings (SSSR count). The van der Waals surface area contributed by atoms with Crippen LogP contribution >= 0.6 is 0 Å². The van der Waals surface area contributed by atoms with Crippen LogP contribution in [0.4, 0.5) is 13.2 Å². The molecule has 0 bridgehead atoms. The first-order valence-electron chi connectivity index (χ1n) is 3.85. The van der Waals surface area contributed by atoms with E-state index >= 15 is 0 Å². The lowest BCUT2D eigenvalue weighted by molar-refractivity contribution is -0.138. The zero-order valence-electron chi connectivity index (χ0n) is 7.02. The van der Waals surface area contributed by atoms with Crippen LogP contribution in [-0.4, -0.2) is 5.11 Å². The van der Waals surface area contributed by atoms with Crippen molar-refractivity contribution in [2.24, 2.45) is 0 Å². The second-order valence-electron chi connectivity index (χ2n) is 2.66. The van der Waals surface area contributed by atoms with Crippen LogP contribution in [-0.2, 0) is 12.6 Å². The third-order valence-electron chi connectivity index (χ3n) is 1.81. The zero-order chi connectivity index (χ0) is 10.1. The first-order chi connectivity index (χ1) is 5.96. The number of para-hydroxylation sites is 1. The van der Waals surface area contributed by atoms with Crippen molar-refractivity contribution >= 4 is 0 Å². The molecule has 4 heteroatoms. The van der Waals surface area contributed by atoms with Crippen LogP contribution in [0.1, 0.15) is 18.1 Å². The van der Waals surface area contributed by atoms with E-state index in [-0.39, 0.29) is 0 Å². The summed E-state index contributed by atoms with van der Waals surface area (Å²) >= 11 is 0. The number of hydrogen-bond acceptors (Lipinski definition) is 1. The van der Waals surface area contributed by atoms with Crippen molar-refractivity contribution in [3.63, 3.8) is 0 Å². The largest absolute Gasteiger partial charge is 0.507 e. The lowest BCUT2D eigenvalue weighted by Crippen LogP contribution is -2.05. The molecule has 0 radical (unpaired) electrons. The van der Waals surface area contributed by atoms with Gasteiger partial charge in [-0.05, 0) is 18.1 Å². The van der Waals surface area contributed by atoms with Gasteiger partial charge < -0.3 is 5.11 Å². The Kier molecular flexibility index (Phi) is 2.50. The molecule has 0 atom stereocenters. The molecule has 13 heavy (non-hydrogen) atoms. The molecular formula is C9H9F3O. The monoisotopic (exact) mass is 190 g/mol. The number of aromatic hydroxyl groups is 1. The van der Waals surface area contributed by atoms with Gasteiger partial charge in [-0.1, -0.05) is 19.1 Å². The number of benzene rings is 1. The number of alkyl halides is 3. The number of phenolic OH excluding ortho intramolecular Hbond substituents is 1. The number of hydrogen-bond donors (Lipinski definition) is 1. The van der Waals surface area contributed by atoms with E-state index in [1.54, 1.807) is 6.92 Å². The minimum atomic E-state index is -4.48. The highest BCUT2D eigenvalue weighted by molar-refractivity contribution is 5.41. The van der Waals surface area contributed by atoms with E-state index in [9.17, 15) is 18.3 Å². The van der Waals surface area contributed by atoms with E-state index in [0.717, 1.165) is 6.07 Å². The highest BCUT2D eigenvalue weighted by Gasteiger charge is 2.34. The van der Waals surface area contributed by atoms with Gasteiger partial charge in [0.1, 0.15) is 5.75 Å². The molecule has 1 aromatic rings. The summed E-state index contributed by atoms with van der Waals surface area (Å²) in [4.78, 5) is 0. The van der Waals surface area contributed by atoms with Crippen LogP contribution in [0.3, 0.4) is 0 Å². The van der Waals surface area contributed by atoms with Crippen molar-refractivity contribution in [3.8, 4) is 5.75 Å². The van der Waals surface area contributed by atoms with E-state index in [1.807, 2.05) is 0 Å². The van der Waals surface area contributed by atoms with Gasteiger partial charge in [-0.3, -0.25) is 0 Å². The molecule has 0 spiro atoms. The summed E-state index contributed by atoms with van der Waals surface area (Å²) in [5.74, 6) is -0.655. The highest BCUT2D eigenvalue weighted by Crippen LogP contribution is 2.37. The van der Waals surface area contributed by atoms with Crippen LogP contribution < -0.4 is 0 Å². The Bertz CT molecular complexity index is 304. The SMILES string of the molecule is CCc1cccc(C(F)(F)F)c1O. The Balaban J connectivity index is 3.24. The first-order valence-corrected chi connectivity index (χ1v) is 3.85. The Morgan fingerprint density at radius 1 is 1.31 bits per heavy atom. The fourth-order valence-corrected chi connectivity index (χ4v) is 1.11. The smallest absolute Gasteiger partial charge is 0.419 e. The topological polar surface area (TPSA) is 20.2 Å². The van der Waals surface area contributed by atoms with Gasteiger partial charge in [0.05, 0.1) is 5.56 Å². The van der Waals surface area contributed by atoms with Crippen molar-refractivity contribution in [1.29, 1.82) is 0 Å². The first kappa shape index (κ1) is 9.89. The molecule has 0 aliphatic rings. The Morgan fingerprint density at radius 3 is 2.38 bits per heavy atom. The third-order valence-corrected chi connectivity index (χ3v) is 1.81. The minimum Gasteiger partial charge on any atom is -0.507 e. The predicted molar refractivity (Wildman–Crippen MR) is 42.5 cm³/mol. The maximum atomic E-state index is 12.2.